The third-order valence-corrected chi connectivity index (χ3v) is 1.81. The minimum absolute atomic E-state index is 0.619. The van der Waals surface area contributed by atoms with Crippen LogP contribution in [0.3, 0.4) is 0 Å². The molecular formula is C11H15N5. The molecule has 0 aliphatic carbocycles. The van der Waals surface area contributed by atoms with E-state index >= 15 is 0 Å². The molecule has 0 bridgehead atoms. The summed E-state index contributed by atoms with van der Waals surface area (Å²) in [4.78, 5) is 8.08. The lowest BCUT2D eigenvalue weighted by molar-refractivity contribution is 0.723. The normalized spacial score (nSPS) is 10.3. The van der Waals surface area contributed by atoms with Crippen molar-refractivity contribution >= 4 is 11.6 Å². The molecule has 0 unspecified atom stereocenters. The molecule has 0 amide bonds. The van der Waals surface area contributed by atoms with E-state index in [4.69, 9.17) is 5.26 Å². The number of nitriles is 1. The molecule has 0 radical (unpaired) electrons. The Morgan fingerprint density at radius 3 is 2.81 bits per heavy atom. The molecule has 2 N–H and O–H groups in total. The Morgan fingerprint density at radius 1 is 1.50 bits per heavy atom. The van der Waals surface area contributed by atoms with E-state index in [1.54, 1.807) is 26.0 Å². The Morgan fingerprint density at radius 2 is 2.19 bits per heavy atom. The number of hydrogen-bond acceptors (Lipinski definition) is 5. The Bertz CT molecular complexity index is 405. The molecule has 1 aromatic rings. The van der Waals surface area contributed by atoms with E-state index in [1.807, 2.05) is 0 Å². The molecule has 84 valence electrons. The van der Waals surface area contributed by atoms with Gasteiger partial charge in [-0.25, -0.2) is 9.97 Å². The zero-order valence-corrected chi connectivity index (χ0v) is 9.49. The molecule has 5 heteroatoms. The first kappa shape index (κ1) is 12.0. The van der Waals surface area contributed by atoms with Crippen LogP contribution in [0.5, 0.6) is 0 Å². The predicted octanol–water partition coefficient (Wildman–Crippen LogP) is 1.79. The quantitative estimate of drug-likeness (QED) is 0.735. The second kappa shape index (κ2) is 5.12. The van der Waals surface area contributed by atoms with Crippen molar-refractivity contribution in [1.82, 2.24) is 9.97 Å². The van der Waals surface area contributed by atoms with Gasteiger partial charge in [-0.15, -0.1) is 6.58 Å². The van der Waals surface area contributed by atoms with Gasteiger partial charge in [0.25, 0.3) is 0 Å². The number of nitrogens with one attached hydrogen (secondary N) is 2. The van der Waals surface area contributed by atoms with Crippen LogP contribution >= 0.6 is 0 Å². The van der Waals surface area contributed by atoms with Crippen molar-refractivity contribution in [3.8, 4) is 6.07 Å². The summed E-state index contributed by atoms with van der Waals surface area (Å²) in [6.45, 7) is 7.81. The van der Waals surface area contributed by atoms with Crippen molar-refractivity contribution in [2.24, 2.45) is 0 Å². The lowest BCUT2D eigenvalue weighted by Gasteiger charge is -2.18. The van der Waals surface area contributed by atoms with Gasteiger partial charge in [0.1, 0.15) is 23.5 Å². The molecule has 5 nitrogen and oxygen atoms in total. The van der Waals surface area contributed by atoms with Gasteiger partial charge in [-0.3, -0.25) is 0 Å². The molecule has 0 aliphatic rings. The SMILES string of the molecule is C=CCNc1cc(NC(C)(C)C#N)ncn1. The van der Waals surface area contributed by atoms with Gasteiger partial charge in [-0.1, -0.05) is 6.08 Å². The highest BCUT2D eigenvalue weighted by atomic mass is 15.1. The van der Waals surface area contributed by atoms with Crippen LogP contribution in [0.2, 0.25) is 0 Å². The summed E-state index contributed by atoms with van der Waals surface area (Å²) in [5, 5.41) is 14.9. The lowest BCUT2D eigenvalue weighted by Crippen LogP contribution is -2.29. The summed E-state index contributed by atoms with van der Waals surface area (Å²) in [6, 6.07) is 3.90. The van der Waals surface area contributed by atoms with Gasteiger partial charge in [0, 0.05) is 12.6 Å². The lowest BCUT2D eigenvalue weighted by atomic mass is 10.1. The minimum Gasteiger partial charge on any atom is -0.366 e. The van der Waals surface area contributed by atoms with Crippen LogP contribution in [0.1, 0.15) is 13.8 Å². The van der Waals surface area contributed by atoms with Crippen molar-refractivity contribution < 1.29 is 0 Å². The van der Waals surface area contributed by atoms with E-state index in [-0.39, 0.29) is 0 Å². The Balaban J connectivity index is 2.75. The average Bonchev–Trinajstić information content (AvgIpc) is 2.26. The minimum atomic E-state index is -0.649. The van der Waals surface area contributed by atoms with Crippen LogP contribution in [-0.2, 0) is 0 Å². The molecular weight excluding hydrogens is 202 g/mol. The summed E-state index contributed by atoms with van der Waals surface area (Å²) >= 11 is 0. The van der Waals surface area contributed by atoms with Crippen molar-refractivity contribution in [3.05, 3.63) is 25.0 Å². The third kappa shape index (κ3) is 3.58. The summed E-state index contributed by atoms with van der Waals surface area (Å²) in [6.07, 6.45) is 3.19. The molecule has 0 spiro atoms. The zero-order chi connectivity index (χ0) is 12.0. The topological polar surface area (TPSA) is 73.6 Å². The highest BCUT2D eigenvalue weighted by molar-refractivity contribution is 5.49. The number of rotatable bonds is 5. The van der Waals surface area contributed by atoms with Gasteiger partial charge in [-0.05, 0) is 13.8 Å². The maximum Gasteiger partial charge on any atom is 0.132 e. The number of nitrogens with zero attached hydrogens (tertiary/aromatic N) is 3. The van der Waals surface area contributed by atoms with E-state index in [9.17, 15) is 0 Å². The summed E-state index contributed by atoms with van der Waals surface area (Å²) in [5.41, 5.74) is -0.649. The van der Waals surface area contributed by atoms with Crippen LogP contribution < -0.4 is 10.6 Å². The fourth-order valence-corrected chi connectivity index (χ4v) is 1.05. The van der Waals surface area contributed by atoms with Crippen molar-refractivity contribution in [1.29, 1.82) is 5.26 Å². The zero-order valence-electron chi connectivity index (χ0n) is 9.49. The number of aromatic nitrogens is 2. The van der Waals surface area contributed by atoms with Crippen molar-refractivity contribution in [3.63, 3.8) is 0 Å². The van der Waals surface area contributed by atoms with Gasteiger partial charge in [0.15, 0.2) is 0 Å². The molecule has 1 rings (SSSR count). The predicted molar refractivity (Wildman–Crippen MR) is 64.0 cm³/mol. The van der Waals surface area contributed by atoms with Crippen LogP contribution in [0, 0.1) is 11.3 Å². The standard InChI is InChI=1S/C11H15N5/c1-4-5-13-9-6-10(15-8-14-9)16-11(2,3)7-12/h4,6,8H,1,5H2,2-3H3,(H2,13,14,15,16). The Hall–Kier alpha value is -2.09. The van der Waals surface area contributed by atoms with E-state index < -0.39 is 5.54 Å². The number of hydrogen-bond donors (Lipinski definition) is 2. The molecule has 0 saturated heterocycles. The fourth-order valence-electron chi connectivity index (χ4n) is 1.05. The first-order chi connectivity index (χ1) is 7.57. The van der Waals surface area contributed by atoms with Crippen LogP contribution in [0.4, 0.5) is 11.6 Å². The molecule has 0 atom stereocenters. The van der Waals surface area contributed by atoms with E-state index in [0.29, 0.717) is 18.2 Å². The molecule has 0 fully saturated rings. The molecule has 0 aliphatic heterocycles. The van der Waals surface area contributed by atoms with Gasteiger partial charge in [0.05, 0.1) is 6.07 Å². The summed E-state index contributed by atoms with van der Waals surface area (Å²) in [7, 11) is 0. The van der Waals surface area contributed by atoms with Gasteiger partial charge in [-0.2, -0.15) is 5.26 Å². The van der Waals surface area contributed by atoms with Crippen LogP contribution in [0.15, 0.2) is 25.0 Å². The maximum atomic E-state index is 8.88. The third-order valence-electron chi connectivity index (χ3n) is 1.81. The molecule has 0 aromatic carbocycles. The summed E-state index contributed by atoms with van der Waals surface area (Å²) in [5.74, 6) is 1.32. The molecule has 16 heavy (non-hydrogen) atoms. The van der Waals surface area contributed by atoms with E-state index in [0.717, 1.165) is 0 Å². The van der Waals surface area contributed by atoms with Gasteiger partial charge >= 0.3 is 0 Å². The average molecular weight is 217 g/mol. The highest BCUT2D eigenvalue weighted by Gasteiger charge is 2.16. The first-order valence-electron chi connectivity index (χ1n) is 4.93. The second-order valence-corrected chi connectivity index (χ2v) is 3.82. The first-order valence-corrected chi connectivity index (χ1v) is 4.93. The molecule has 1 aromatic heterocycles. The number of anilines is 2. The second-order valence-electron chi connectivity index (χ2n) is 3.82. The van der Waals surface area contributed by atoms with Gasteiger partial charge < -0.3 is 10.6 Å². The summed E-state index contributed by atoms with van der Waals surface area (Å²) < 4.78 is 0. The highest BCUT2D eigenvalue weighted by Crippen LogP contribution is 2.13. The fraction of sp³-hybridized carbons (Fsp3) is 0.364. The van der Waals surface area contributed by atoms with Crippen molar-refractivity contribution in [2.45, 2.75) is 19.4 Å². The van der Waals surface area contributed by atoms with E-state index in [2.05, 4.69) is 33.2 Å². The smallest absolute Gasteiger partial charge is 0.132 e. The van der Waals surface area contributed by atoms with E-state index in [1.165, 1.54) is 6.33 Å². The largest absolute Gasteiger partial charge is 0.366 e. The van der Waals surface area contributed by atoms with Crippen LogP contribution in [-0.4, -0.2) is 22.1 Å². The van der Waals surface area contributed by atoms with Gasteiger partial charge in [0.2, 0.25) is 0 Å². The molecule has 1 heterocycles. The molecule has 0 saturated carbocycles. The Labute approximate surface area is 95.2 Å². The maximum absolute atomic E-state index is 8.88. The van der Waals surface area contributed by atoms with Crippen molar-refractivity contribution in [2.75, 3.05) is 17.2 Å². The van der Waals surface area contributed by atoms with Crippen LogP contribution in [0.25, 0.3) is 0 Å². The Kier molecular flexibility index (Phi) is 3.84. The monoisotopic (exact) mass is 217 g/mol.